The van der Waals surface area contributed by atoms with Crippen LogP contribution in [0.2, 0.25) is 0 Å². The van der Waals surface area contributed by atoms with E-state index in [0.29, 0.717) is 26.1 Å². The molecule has 1 N–H and O–H groups in total. The van der Waals surface area contributed by atoms with Gasteiger partial charge in [-0.05, 0) is 47.9 Å². The Balaban J connectivity index is 1.50. The third kappa shape index (κ3) is 6.20. The van der Waals surface area contributed by atoms with Crippen molar-refractivity contribution in [1.82, 2.24) is 10.0 Å². The van der Waals surface area contributed by atoms with Gasteiger partial charge in [0.25, 0.3) is 15.9 Å². The standard InChI is InChI=1S/C33H37N5O6S2/c1-4-34-44-46(42,43)22-10-20-38-31(36(3)29-18-16-25-12-6-8-14-27(25)33(29)38)23-30-35(2)28-17-15-24-11-5-7-13-26(24)32(28)37(30)19-9-21-45(39,40)41/h5-8,11-18,23,34H,4,9-10,19-22H2,1-3H3. The van der Waals surface area contributed by atoms with Crippen molar-refractivity contribution in [2.75, 3.05) is 41.4 Å². The molecule has 5 aromatic rings. The van der Waals surface area contributed by atoms with Crippen LogP contribution in [0.25, 0.3) is 38.7 Å². The summed E-state index contributed by atoms with van der Waals surface area (Å²) in [6, 6.07) is 24.4. The van der Waals surface area contributed by atoms with Gasteiger partial charge in [-0.15, -0.1) is 0 Å². The maximum absolute atomic E-state index is 12.5. The van der Waals surface area contributed by atoms with Crippen molar-refractivity contribution >= 4 is 70.3 Å². The molecule has 1 aliphatic rings. The van der Waals surface area contributed by atoms with Crippen molar-refractivity contribution in [1.29, 1.82) is 0 Å². The minimum absolute atomic E-state index is 0.156. The van der Waals surface area contributed by atoms with Crippen LogP contribution in [0.4, 0.5) is 11.4 Å². The van der Waals surface area contributed by atoms with Crippen LogP contribution in [0.15, 0.2) is 78.6 Å². The SMILES string of the molecule is CCNOS(=O)(=O)CCCN1C(=Cc2n(C)c3ccc4ccccc4c3[n+]2CCCS(=O)(=O)[O-])N(C)c2ccc3ccccc3c21. The molecule has 0 unspecified atom stereocenters. The minimum Gasteiger partial charge on any atom is -0.748 e. The van der Waals surface area contributed by atoms with Crippen LogP contribution in [0.3, 0.4) is 0 Å². The molecular weight excluding hydrogens is 627 g/mol. The van der Waals surface area contributed by atoms with Gasteiger partial charge < -0.3 is 14.4 Å². The van der Waals surface area contributed by atoms with Gasteiger partial charge in [-0.2, -0.15) is 18.2 Å². The molecule has 0 bridgehead atoms. The number of hydrogen-bond donors (Lipinski definition) is 1. The molecule has 0 radical (unpaired) electrons. The second-order valence-corrected chi connectivity index (χ2v) is 14.6. The van der Waals surface area contributed by atoms with E-state index in [2.05, 4.69) is 60.8 Å². The second kappa shape index (κ2) is 12.6. The number of aryl methyl sites for hydroxylation is 2. The lowest BCUT2D eigenvalue weighted by atomic mass is 10.1. The summed E-state index contributed by atoms with van der Waals surface area (Å²) in [7, 11) is -4.21. The molecular formula is C33H37N5O6S2. The third-order valence-electron chi connectivity index (χ3n) is 8.40. The first kappa shape index (κ1) is 32.0. The molecule has 4 aromatic carbocycles. The molecule has 0 atom stereocenters. The summed E-state index contributed by atoms with van der Waals surface area (Å²) in [4.78, 5) is 4.23. The Labute approximate surface area is 269 Å². The summed E-state index contributed by atoms with van der Waals surface area (Å²) >= 11 is 0. The van der Waals surface area contributed by atoms with Gasteiger partial charge in [0, 0.05) is 36.7 Å². The smallest absolute Gasteiger partial charge is 0.285 e. The van der Waals surface area contributed by atoms with Crippen LogP contribution in [0.5, 0.6) is 0 Å². The van der Waals surface area contributed by atoms with E-state index in [9.17, 15) is 21.4 Å². The number of rotatable bonds is 12. The molecule has 11 nitrogen and oxygen atoms in total. The first-order valence-corrected chi connectivity index (χ1v) is 18.4. The van der Waals surface area contributed by atoms with Crippen molar-refractivity contribution in [3.05, 3.63) is 84.4 Å². The fourth-order valence-electron chi connectivity index (χ4n) is 6.34. The van der Waals surface area contributed by atoms with E-state index in [1.165, 1.54) is 0 Å². The van der Waals surface area contributed by atoms with Crippen LogP contribution in [-0.4, -0.2) is 57.6 Å². The Bertz CT molecular complexity index is 2200. The highest BCUT2D eigenvalue weighted by Gasteiger charge is 2.33. The van der Waals surface area contributed by atoms with E-state index in [4.69, 9.17) is 4.28 Å². The van der Waals surface area contributed by atoms with Crippen molar-refractivity contribution in [3.63, 3.8) is 0 Å². The Kier molecular flexibility index (Phi) is 8.79. The molecule has 0 saturated carbocycles. The number of hydrogen-bond acceptors (Lipinski definition) is 9. The maximum Gasteiger partial charge on any atom is 0.285 e. The van der Waals surface area contributed by atoms with E-state index in [-0.39, 0.29) is 12.2 Å². The minimum atomic E-state index is -4.39. The normalized spacial score (nSPS) is 14.7. The molecule has 13 heteroatoms. The zero-order valence-corrected chi connectivity index (χ0v) is 27.6. The Hall–Kier alpha value is -4.01. The summed E-state index contributed by atoms with van der Waals surface area (Å²) < 4.78 is 68.8. The number of benzene rings is 4. The van der Waals surface area contributed by atoms with Gasteiger partial charge in [0.15, 0.2) is 11.0 Å². The number of nitrogens with one attached hydrogen (secondary N) is 1. The first-order valence-electron chi connectivity index (χ1n) is 15.2. The lowest BCUT2D eigenvalue weighted by Crippen LogP contribution is -2.38. The van der Waals surface area contributed by atoms with Gasteiger partial charge in [0.2, 0.25) is 0 Å². The van der Waals surface area contributed by atoms with E-state index >= 15 is 0 Å². The molecule has 242 valence electrons. The van der Waals surface area contributed by atoms with E-state index in [0.717, 1.165) is 55.6 Å². The maximum atomic E-state index is 12.5. The van der Waals surface area contributed by atoms with Crippen LogP contribution in [-0.2, 0) is 38.1 Å². The van der Waals surface area contributed by atoms with Gasteiger partial charge in [-0.25, -0.2) is 17.6 Å². The Morgan fingerprint density at radius 1 is 0.870 bits per heavy atom. The predicted octanol–water partition coefficient (Wildman–Crippen LogP) is 4.22. The van der Waals surface area contributed by atoms with Crippen LogP contribution in [0.1, 0.15) is 25.6 Å². The van der Waals surface area contributed by atoms with Gasteiger partial charge in [-0.3, -0.25) is 0 Å². The molecule has 1 aliphatic heterocycles. The molecule has 2 heterocycles. The van der Waals surface area contributed by atoms with Crippen LogP contribution in [0, 0.1) is 0 Å². The van der Waals surface area contributed by atoms with Crippen molar-refractivity contribution in [2.45, 2.75) is 26.3 Å². The highest BCUT2D eigenvalue weighted by atomic mass is 32.2. The average molecular weight is 664 g/mol. The Morgan fingerprint density at radius 3 is 2.26 bits per heavy atom. The number of fused-ring (bicyclic) bond motifs is 6. The number of hydroxylamine groups is 1. The third-order valence-corrected chi connectivity index (χ3v) is 10.4. The molecule has 0 aliphatic carbocycles. The molecule has 0 spiro atoms. The van der Waals surface area contributed by atoms with Gasteiger partial charge in [0.05, 0.1) is 46.9 Å². The highest BCUT2D eigenvalue weighted by Crippen LogP contribution is 2.46. The van der Waals surface area contributed by atoms with E-state index in [1.54, 1.807) is 6.92 Å². The molecule has 1 aromatic heterocycles. The summed E-state index contributed by atoms with van der Waals surface area (Å²) in [5.41, 5.74) is 6.29. The fourth-order valence-corrected chi connectivity index (χ4v) is 7.69. The van der Waals surface area contributed by atoms with Gasteiger partial charge in [-0.1, -0.05) is 55.5 Å². The van der Waals surface area contributed by atoms with Crippen LogP contribution < -0.4 is 19.8 Å². The topological polar surface area (TPSA) is 128 Å². The lowest BCUT2D eigenvalue weighted by Gasteiger charge is -2.23. The summed E-state index contributed by atoms with van der Waals surface area (Å²) in [6.07, 6.45) is 2.52. The highest BCUT2D eigenvalue weighted by molar-refractivity contribution is 7.86. The fraction of sp³-hybridized carbons (Fsp3) is 0.303. The number of nitrogens with zero attached hydrogens (tertiary/aromatic N) is 4. The second-order valence-electron chi connectivity index (χ2n) is 11.4. The van der Waals surface area contributed by atoms with E-state index < -0.39 is 26.0 Å². The van der Waals surface area contributed by atoms with E-state index in [1.807, 2.05) is 56.6 Å². The first-order chi connectivity index (χ1) is 22.0. The van der Waals surface area contributed by atoms with Crippen molar-refractivity contribution < 1.29 is 30.2 Å². The molecule has 46 heavy (non-hydrogen) atoms. The van der Waals surface area contributed by atoms with Crippen molar-refractivity contribution in [3.8, 4) is 0 Å². The zero-order chi connectivity index (χ0) is 32.6. The van der Waals surface area contributed by atoms with Crippen molar-refractivity contribution in [2.24, 2.45) is 7.05 Å². The summed E-state index contributed by atoms with van der Waals surface area (Å²) in [5.74, 6) is 1.000. The molecule has 6 rings (SSSR count). The summed E-state index contributed by atoms with van der Waals surface area (Å²) in [5, 5.41) is 4.17. The average Bonchev–Trinajstić information content (AvgIpc) is 3.45. The summed E-state index contributed by atoms with van der Waals surface area (Å²) in [6.45, 7) is 2.83. The number of anilines is 2. The van der Waals surface area contributed by atoms with Gasteiger partial charge >= 0.3 is 0 Å². The number of aromatic nitrogens is 2. The number of imidazole rings is 1. The molecule has 0 fully saturated rings. The molecule has 0 amide bonds. The largest absolute Gasteiger partial charge is 0.748 e. The monoisotopic (exact) mass is 663 g/mol. The zero-order valence-electron chi connectivity index (χ0n) is 26.0. The van der Waals surface area contributed by atoms with Crippen LogP contribution >= 0.6 is 0 Å². The quantitative estimate of drug-likeness (QED) is 0.119. The predicted molar refractivity (Wildman–Crippen MR) is 181 cm³/mol. The lowest BCUT2D eigenvalue weighted by molar-refractivity contribution is -0.673. The Morgan fingerprint density at radius 2 is 1.54 bits per heavy atom. The molecule has 0 saturated heterocycles. The van der Waals surface area contributed by atoms with Gasteiger partial charge in [0.1, 0.15) is 5.82 Å².